The van der Waals surface area contributed by atoms with Crippen LogP contribution in [0.5, 0.6) is 0 Å². The Bertz CT molecular complexity index is 470. The minimum Gasteiger partial charge on any atom is -0.403 e. The van der Waals surface area contributed by atoms with Gasteiger partial charge in [0.15, 0.2) is 5.78 Å². The molecule has 4 heteroatoms. The van der Waals surface area contributed by atoms with Gasteiger partial charge in [0.2, 0.25) is 0 Å². The van der Waals surface area contributed by atoms with Crippen molar-refractivity contribution in [3.8, 4) is 0 Å². The molecule has 1 aliphatic heterocycles. The van der Waals surface area contributed by atoms with Crippen LogP contribution in [0.4, 0.5) is 0 Å². The van der Waals surface area contributed by atoms with E-state index in [2.05, 4.69) is 12.7 Å². The van der Waals surface area contributed by atoms with Gasteiger partial charge in [0.05, 0.1) is 11.2 Å². The fourth-order valence-corrected chi connectivity index (χ4v) is 2.53. The summed E-state index contributed by atoms with van der Waals surface area (Å²) in [4.78, 5) is 11.8. The zero-order chi connectivity index (χ0) is 15.0. The van der Waals surface area contributed by atoms with Crippen molar-refractivity contribution in [2.45, 2.75) is 58.1 Å². The van der Waals surface area contributed by atoms with Gasteiger partial charge in [-0.2, -0.15) is 0 Å². The molecule has 108 valence electrons. The lowest BCUT2D eigenvalue weighted by Crippen LogP contribution is -2.41. The summed E-state index contributed by atoms with van der Waals surface area (Å²) in [7, 11) is -0.242. The molecule has 2 aliphatic rings. The van der Waals surface area contributed by atoms with E-state index < -0.39 is 0 Å². The smallest absolute Gasteiger partial charge is 0.403 e. The monoisotopic (exact) mass is 274 g/mol. The third-order valence-electron chi connectivity index (χ3n) is 4.41. The van der Waals surface area contributed by atoms with Crippen LogP contribution in [0.2, 0.25) is 6.32 Å². The molecule has 1 aliphatic carbocycles. The van der Waals surface area contributed by atoms with Gasteiger partial charge in [-0.1, -0.05) is 24.8 Å². The molecule has 0 radical (unpaired) electrons. The molecule has 0 aromatic rings. The van der Waals surface area contributed by atoms with E-state index in [1.807, 2.05) is 27.7 Å². The van der Waals surface area contributed by atoms with Gasteiger partial charge in [-0.05, 0) is 39.7 Å². The number of hydrogen-bond acceptors (Lipinski definition) is 3. The van der Waals surface area contributed by atoms with Gasteiger partial charge >= 0.3 is 7.12 Å². The molecule has 20 heavy (non-hydrogen) atoms. The van der Waals surface area contributed by atoms with Gasteiger partial charge in [-0.3, -0.25) is 4.79 Å². The lowest BCUT2D eigenvalue weighted by Gasteiger charge is -2.32. The minimum atomic E-state index is -0.304. The predicted octanol–water partition coefficient (Wildman–Crippen LogP) is 3.48. The van der Waals surface area contributed by atoms with E-state index in [9.17, 15) is 4.79 Å². The van der Waals surface area contributed by atoms with E-state index in [1.54, 1.807) is 12.2 Å². The molecule has 0 N–H and O–H groups in total. The number of allylic oxidation sites excluding steroid dienone is 5. The van der Waals surface area contributed by atoms with Crippen molar-refractivity contribution in [3.63, 3.8) is 0 Å². The number of rotatable bonds is 3. The number of carbonyl (C=O) groups is 1. The number of Topliss-reactive ketones (excluding diaryl/α,β-unsaturated/α-hetero) is 1. The van der Waals surface area contributed by atoms with Gasteiger partial charge in [-0.25, -0.2) is 0 Å². The average Bonchev–Trinajstić information content (AvgIpc) is 2.77. The van der Waals surface area contributed by atoms with E-state index in [-0.39, 0.29) is 24.1 Å². The van der Waals surface area contributed by atoms with E-state index in [1.165, 1.54) is 0 Å². The Kier molecular flexibility index (Phi) is 4.08. The van der Waals surface area contributed by atoms with Gasteiger partial charge in [0, 0.05) is 18.3 Å². The third kappa shape index (κ3) is 2.81. The fraction of sp³-hybridized carbons (Fsp3) is 0.562. The second-order valence-electron chi connectivity index (χ2n) is 6.39. The third-order valence-corrected chi connectivity index (χ3v) is 4.41. The second kappa shape index (κ2) is 5.34. The van der Waals surface area contributed by atoms with Gasteiger partial charge < -0.3 is 9.31 Å². The van der Waals surface area contributed by atoms with E-state index in [0.29, 0.717) is 12.7 Å². The fourth-order valence-electron chi connectivity index (χ4n) is 2.53. The highest BCUT2D eigenvalue weighted by Crippen LogP contribution is 2.38. The highest BCUT2D eigenvalue weighted by atomic mass is 16.7. The summed E-state index contributed by atoms with van der Waals surface area (Å²) >= 11 is 0. The Morgan fingerprint density at radius 1 is 1.20 bits per heavy atom. The molecule has 1 saturated carbocycles. The summed E-state index contributed by atoms with van der Waals surface area (Å²) in [5.41, 5.74) is 1.27. The molecule has 1 saturated heterocycles. The first-order valence-corrected chi connectivity index (χ1v) is 7.18. The zero-order valence-electron chi connectivity index (χ0n) is 12.9. The van der Waals surface area contributed by atoms with Crippen LogP contribution in [0.25, 0.3) is 0 Å². The molecule has 3 nitrogen and oxygen atoms in total. The molecule has 2 fully saturated rings. The maximum atomic E-state index is 11.8. The van der Waals surface area contributed by atoms with Crippen molar-refractivity contribution in [2.75, 3.05) is 0 Å². The van der Waals surface area contributed by atoms with Crippen LogP contribution >= 0.6 is 0 Å². The highest BCUT2D eigenvalue weighted by Gasteiger charge is 2.50. The molecule has 0 amide bonds. The molecule has 0 unspecified atom stereocenters. The van der Waals surface area contributed by atoms with Crippen molar-refractivity contribution in [3.05, 3.63) is 36.0 Å². The highest BCUT2D eigenvalue weighted by molar-refractivity contribution is 6.46. The quantitative estimate of drug-likeness (QED) is 0.584. The van der Waals surface area contributed by atoms with Crippen molar-refractivity contribution >= 4 is 12.9 Å². The molecule has 0 atom stereocenters. The predicted molar refractivity (Wildman–Crippen MR) is 81.5 cm³/mol. The Morgan fingerprint density at radius 2 is 1.80 bits per heavy atom. The van der Waals surface area contributed by atoms with Crippen LogP contribution in [-0.4, -0.2) is 24.1 Å². The average molecular weight is 274 g/mol. The van der Waals surface area contributed by atoms with Crippen LogP contribution < -0.4 is 0 Å². The van der Waals surface area contributed by atoms with Crippen LogP contribution in [0, 0.1) is 0 Å². The Balaban J connectivity index is 2.06. The van der Waals surface area contributed by atoms with Crippen LogP contribution in [0.15, 0.2) is 36.0 Å². The number of hydrogen-bond donors (Lipinski definition) is 0. The normalized spacial score (nSPS) is 28.6. The maximum Gasteiger partial charge on any atom is 0.461 e. The maximum absolute atomic E-state index is 11.8. The summed E-state index contributed by atoms with van der Waals surface area (Å²) in [5, 5.41) is 0. The van der Waals surface area contributed by atoms with Crippen LogP contribution in [0.1, 0.15) is 40.5 Å². The topological polar surface area (TPSA) is 35.5 Å². The second-order valence-corrected chi connectivity index (χ2v) is 6.39. The number of ketones is 1. The minimum absolute atomic E-state index is 0.199. The first kappa shape index (κ1) is 15.3. The Morgan fingerprint density at radius 3 is 2.35 bits per heavy atom. The largest absolute Gasteiger partial charge is 0.461 e. The zero-order valence-corrected chi connectivity index (χ0v) is 12.9. The summed E-state index contributed by atoms with van der Waals surface area (Å²) in [5.74, 6) is 0.199. The van der Waals surface area contributed by atoms with Crippen molar-refractivity contribution in [2.24, 2.45) is 0 Å². The standard InChI is InChI=1S/C16H23BO3/c1-6-7-13-12(8-9-14(13)18)10-11-17-19-15(2,3)16(4,5)20-17/h6-7,10H,1,8-9,11H2,2-5H3. The summed E-state index contributed by atoms with van der Waals surface area (Å²) in [6, 6.07) is 0. The summed E-state index contributed by atoms with van der Waals surface area (Å²) in [6.07, 6.45) is 7.60. The lowest BCUT2D eigenvalue weighted by molar-refractivity contribution is -0.114. The summed E-state index contributed by atoms with van der Waals surface area (Å²) < 4.78 is 11.9. The molecule has 2 rings (SSSR count). The first-order valence-electron chi connectivity index (χ1n) is 7.18. The van der Waals surface area contributed by atoms with Crippen molar-refractivity contribution in [1.29, 1.82) is 0 Å². The van der Waals surface area contributed by atoms with Gasteiger partial charge in [-0.15, -0.1) is 0 Å². The SMILES string of the molecule is C=CC=C1C(=O)CCC1=CCB1OC(C)(C)C(C)(C)O1. The van der Waals surface area contributed by atoms with Crippen LogP contribution in [0.3, 0.4) is 0 Å². The molecule has 0 aromatic heterocycles. The van der Waals surface area contributed by atoms with E-state index in [0.717, 1.165) is 17.6 Å². The van der Waals surface area contributed by atoms with Crippen molar-refractivity contribution in [1.82, 2.24) is 0 Å². The number of carbonyl (C=O) groups excluding carboxylic acids is 1. The van der Waals surface area contributed by atoms with Gasteiger partial charge in [0.25, 0.3) is 0 Å². The molecule has 0 bridgehead atoms. The van der Waals surface area contributed by atoms with Crippen LogP contribution in [-0.2, 0) is 14.1 Å². The Labute approximate surface area is 121 Å². The molecule has 1 heterocycles. The molecule has 0 aromatic carbocycles. The first-order chi connectivity index (χ1) is 9.27. The van der Waals surface area contributed by atoms with Gasteiger partial charge in [0.1, 0.15) is 0 Å². The summed E-state index contributed by atoms with van der Waals surface area (Å²) in [6.45, 7) is 11.8. The molecular formula is C16H23BO3. The van der Waals surface area contributed by atoms with Crippen molar-refractivity contribution < 1.29 is 14.1 Å². The molecular weight excluding hydrogens is 251 g/mol. The van der Waals surface area contributed by atoms with E-state index in [4.69, 9.17) is 9.31 Å². The molecule has 0 spiro atoms. The Hall–Kier alpha value is -1.13. The lowest BCUT2D eigenvalue weighted by atomic mass is 9.83. The van der Waals surface area contributed by atoms with E-state index >= 15 is 0 Å².